The summed E-state index contributed by atoms with van der Waals surface area (Å²) in [7, 11) is 0. The number of benzene rings is 1. The second kappa shape index (κ2) is 7.24. The molecule has 1 aliphatic rings. The van der Waals surface area contributed by atoms with Crippen LogP contribution in [0, 0.1) is 0 Å². The van der Waals surface area contributed by atoms with Gasteiger partial charge in [0.25, 0.3) is 0 Å². The van der Waals surface area contributed by atoms with Crippen LogP contribution in [0.2, 0.25) is 0 Å². The third-order valence-corrected chi connectivity index (χ3v) is 3.96. The Morgan fingerprint density at radius 1 is 1.29 bits per heavy atom. The van der Waals surface area contributed by atoms with E-state index in [0.717, 1.165) is 23.2 Å². The number of hydrogen-bond acceptors (Lipinski definition) is 4. The minimum absolute atomic E-state index is 0.0879. The first-order chi connectivity index (χ1) is 11.2. The van der Waals surface area contributed by atoms with Gasteiger partial charge in [0.15, 0.2) is 0 Å². The van der Waals surface area contributed by atoms with E-state index in [4.69, 9.17) is 9.47 Å². The van der Waals surface area contributed by atoms with Crippen LogP contribution in [0.5, 0.6) is 0 Å². The maximum atomic E-state index is 12.3. The number of hydrogen-bond donors (Lipinski definition) is 0. The molecule has 0 aliphatic carbocycles. The maximum Gasteiger partial charge on any atom is 0.414 e. The summed E-state index contributed by atoms with van der Waals surface area (Å²) in [6.45, 7) is 10.4. The van der Waals surface area contributed by atoms with Gasteiger partial charge in [0.05, 0.1) is 18.7 Å². The fourth-order valence-electron chi connectivity index (χ4n) is 2.82. The van der Waals surface area contributed by atoms with Gasteiger partial charge in [-0.15, -0.1) is 0 Å². The van der Waals surface area contributed by atoms with E-state index in [9.17, 15) is 9.59 Å². The van der Waals surface area contributed by atoms with Gasteiger partial charge in [0.2, 0.25) is 0 Å². The van der Waals surface area contributed by atoms with E-state index < -0.39 is 5.60 Å². The third kappa shape index (κ3) is 4.49. The third-order valence-electron chi connectivity index (χ3n) is 3.96. The first-order valence-corrected chi connectivity index (χ1v) is 8.50. The van der Waals surface area contributed by atoms with Crippen molar-refractivity contribution in [2.45, 2.75) is 59.0 Å². The van der Waals surface area contributed by atoms with Gasteiger partial charge in [-0.2, -0.15) is 0 Å². The predicted molar refractivity (Wildman–Crippen MR) is 93.4 cm³/mol. The predicted octanol–water partition coefficient (Wildman–Crippen LogP) is 4.04. The van der Waals surface area contributed by atoms with E-state index in [2.05, 4.69) is 6.07 Å². The van der Waals surface area contributed by atoms with E-state index in [1.165, 1.54) is 0 Å². The van der Waals surface area contributed by atoms with Gasteiger partial charge in [-0.05, 0) is 57.2 Å². The van der Waals surface area contributed by atoms with Crippen molar-refractivity contribution in [3.05, 3.63) is 29.3 Å². The zero-order valence-electron chi connectivity index (χ0n) is 15.2. The summed E-state index contributed by atoms with van der Waals surface area (Å²) >= 11 is 0. The summed E-state index contributed by atoms with van der Waals surface area (Å²) < 4.78 is 10.5. The average Bonchev–Trinajstić information content (AvgIpc) is 2.88. The molecule has 0 fully saturated rings. The molecule has 24 heavy (non-hydrogen) atoms. The number of carbonyl (C=O) groups excluding carboxylic acids is 2. The molecular formula is C19H27NO4. The smallest absolute Gasteiger partial charge is 0.414 e. The van der Waals surface area contributed by atoms with Gasteiger partial charge in [-0.1, -0.05) is 19.1 Å². The first kappa shape index (κ1) is 18.3. The monoisotopic (exact) mass is 333 g/mol. The van der Waals surface area contributed by atoms with E-state index in [-0.39, 0.29) is 18.0 Å². The lowest BCUT2D eigenvalue weighted by molar-refractivity contribution is -0.143. The Morgan fingerprint density at radius 3 is 2.62 bits per heavy atom. The zero-order chi connectivity index (χ0) is 17.9. The van der Waals surface area contributed by atoms with E-state index in [1.807, 2.05) is 46.8 Å². The summed E-state index contributed by atoms with van der Waals surface area (Å²) in [6, 6.07) is 6.01. The lowest BCUT2D eigenvalue weighted by atomic mass is 9.95. The summed E-state index contributed by atoms with van der Waals surface area (Å²) in [5.41, 5.74) is 2.60. The molecule has 0 saturated heterocycles. The van der Waals surface area contributed by atoms with Gasteiger partial charge in [0.1, 0.15) is 5.60 Å². The van der Waals surface area contributed by atoms with Crippen molar-refractivity contribution in [2.24, 2.45) is 0 Å². The van der Waals surface area contributed by atoms with Gasteiger partial charge in [0, 0.05) is 6.54 Å². The van der Waals surface area contributed by atoms with Crippen LogP contribution in [0.15, 0.2) is 18.2 Å². The largest absolute Gasteiger partial charge is 0.466 e. The Balaban J connectivity index is 2.10. The Bertz CT molecular complexity index is 618. The van der Waals surface area contributed by atoms with Crippen molar-refractivity contribution in [3.63, 3.8) is 0 Å². The molecule has 0 unspecified atom stereocenters. The summed E-state index contributed by atoms with van der Waals surface area (Å²) in [5, 5.41) is 0. The molecule has 1 aromatic carbocycles. The minimum Gasteiger partial charge on any atom is -0.466 e. The number of ether oxygens (including phenoxy) is 2. The Kier molecular flexibility index (Phi) is 5.52. The first-order valence-electron chi connectivity index (χ1n) is 8.50. The van der Waals surface area contributed by atoms with Gasteiger partial charge in [-0.25, -0.2) is 4.79 Å². The molecule has 0 radical (unpaired) electrons. The van der Waals surface area contributed by atoms with Crippen LogP contribution in [0.25, 0.3) is 0 Å². The van der Waals surface area contributed by atoms with Gasteiger partial charge >= 0.3 is 12.1 Å². The molecule has 1 heterocycles. The molecular weight excluding hydrogens is 306 g/mol. The SMILES string of the molecule is CCOC(=O)C[C@@H](C)c1ccc2c(c1)CCN2C(=O)OC(C)(C)C. The maximum absolute atomic E-state index is 12.3. The number of fused-ring (bicyclic) bond motifs is 1. The van der Waals surface area contributed by atoms with E-state index in [0.29, 0.717) is 19.6 Å². The lowest BCUT2D eigenvalue weighted by Gasteiger charge is -2.25. The molecule has 0 bridgehead atoms. The van der Waals surface area contributed by atoms with Gasteiger partial charge in [-0.3, -0.25) is 9.69 Å². The molecule has 0 spiro atoms. The molecule has 5 heteroatoms. The molecule has 0 saturated carbocycles. The number of rotatable bonds is 4. The van der Waals surface area contributed by atoms with Crippen LogP contribution in [-0.4, -0.2) is 30.8 Å². The van der Waals surface area contributed by atoms with Crippen LogP contribution >= 0.6 is 0 Å². The molecule has 132 valence electrons. The van der Waals surface area contributed by atoms with Gasteiger partial charge < -0.3 is 9.47 Å². The Labute approximate surface area is 143 Å². The Hall–Kier alpha value is -2.04. The second-order valence-electron chi connectivity index (χ2n) is 7.18. The molecule has 1 aliphatic heterocycles. The van der Waals surface area contributed by atoms with Crippen molar-refractivity contribution >= 4 is 17.7 Å². The van der Waals surface area contributed by atoms with E-state index in [1.54, 1.807) is 4.90 Å². The normalized spacial score (nSPS) is 15.0. The minimum atomic E-state index is -0.506. The number of anilines is 1. The molecule has 1 atom stereocenters. The average molecular weight is 333 g/mol. The number of esters is 1. The highest BCUT2D eigenvalue weighted by atomic mass is 16.6. The molecule has 1 amide bonds. The fourth-order valence-corrected chi connectivity index (χ4v) is 2.82. The van der Waals surface area contributed by atoms with E-state index >= 15 is 0 Å². The molecule has 1 aromatic rings. The topological polar surface area (TPSA) is 55.8 Å². The highest BCUT2D eigenvalue weighted by Crippen LogP contribution is 2.32. The van der Waals surface area contributed by atoms with Crippen LogP contribution < -0.4 is 4.90 Å². The van der Waals surface area contributed by atoms with Crippen LogP contribution in [0.4, 0.5) is 10.5 Å². The highest BCUT2D eigenvalue weighted by molar-refractivity contribution is 5.90. The highest BCUT2D eigenvalue weighted by Gasteiger charge is 2.29. The second-order valence-corrected chi connectivity index (χ2v) is 7.18. The summed E-state index contributed by atoms with van der Waals surface area (Å²) in [4.78, 5) is 25.6. The fraction of sp³-hybridized carbons (Fsp3) is 0.579. The summed E-state index contributed by atoms with van der Waals surface area (Å²) in [5.74, 6) is -0.0918. The number of carbonyl (C=O) groups is 2. The van der Waals surface area contributed by atoms with Crippen molar-refractivity contribution < 1.29 is 19.1 Å². The standard InChI is InChI=1S/C19H27NO4/c1-6-23-17(21)11-13(2)14-7-8-16-15(12-14)9-10-20(16)18(22)24-19(3,4)5/h7-8,12-13H,6,9-11H2,1-5H3/t13-/m1/s1. The Morgan fingerprint density at radius 2 is 2.00 bits per heavy atom. The molecule has 0 N–H and O–H groups in total. The van der Waals surface area contributed by atoms with Crippen LogP contribution in [0.3, 0.4) is 0 Å². The van der Waals surface area contributed by atoms with Crippen molar-refractivity contribution in [2.75, 3.05) is 18.1 Å². The zero-order valence-corrected chi connectivity index (χ0v) is 15.2. The summed E-state index contributed by atoms with van der Waals surface area (Å²) in [6.07, 6.45) is 0.852. The van der Waals surface area contributed by atoms with Crippen molar-refractivity contribution in [1.82, 2.24) is 0 Å². The number of amides is 1. The van der Waals surface area contributed by atoms with Crippen LogP contribution in [-0.2, 0) is 20.7 Å². The van der Waals surface area contributed by atoms with Crippen molar-refractivity contribution in [3.8, 4) is 0 Å². The lowest BCUT2D eigenvalue weighted by Crippen LogP contribution is -2.35. The molecule has 5 nitrogen and oxygen atoms in total. The molecule has 2 rings (SSSR count). The number of nitrogens with zero attached hydrogens (tertiary/aromatic N) is 1. The van der Waals surface area contributed by atoms with Crippen molar-refractivity contribution in [1.29, 1.82) is 0 Å². The van der Waals surface area contributed by atoms with Crippen LogP contribution in [0.1, 0.15) is 58.1 Å². The quantitative estimate of drug-likeness (QED) is 0.780. The molecule has 0 aromatic heterocycles.